The maximum Gasteiger partial charge on any atom is -0.00201 e. The SMILES string of the molecule is c1ccc2cc(-c3cc4cc5ccccc5cc4c(-c4ccc5ccccc5c4)c3-c3ccc4ccccc4c3)ccc2c1. The first-order valence-corrected chi connectivity index (χ1v) is 15.3. The van der Waals surface area contributed by atoms with Gasteiger partial charge in [-0.1, -0.05) is 133 Å². The molecule has 0 atom stereocenters. The minimum Gasteiger partial charge on any atom is -0.0616 e. The summed E-state index contributed by atoms with van der Waals surface area (Å²) in [7, 11) is 0. The van der Waals surface area contributed by atoms with Crippen molar-refractivity contribution in [2.24, 2.45) is 0 Å². The molecule has 9 rings (SSSR count). The maximum atomic E-state index is 2.42. The molecule has 0 saturated heterocycles. The summed E-state index contributed by atoms with van der Waals surface area (Å²) < 4.78 is 0. The molecule has 0 aliphatic rings. The Labute approximate surface area is 256 Å². The van der Waals surface area contributed by atoms with E-state index in [1.165, 1.54) is 87.2 Å². The number of fused-ring (bicyclic) bond motifs is 5. The molecule has 0 spiro atoms. The van der Waals surface area contributed by atoms with Crippen LogP contribution in [0.3, 0.4) is 0 Å². The van der Waals surface area contributed by atoms with Crippen molar-refractivity contribution < 1.29 is 0 Å². The smallest absolute Gasteiger partial charge is 0.00201 e. The molecular formula is C44H28. The minimum absolute atomic E-state index is 1.23. The lowest BCUT2D eigenvalue weighted by molar-refractivity contribution is 1.62. The summed E-state index contributed by atoms with van der Waals surface area (Å²) >= 11 is 0. The summed E-state index contributed by atoms with van der Waals surface area (Å²) in [6.45, 7) is 0. The predicted octanol–water partition coefficient (Wildman–Crippen LogP) is 12.5. The van der Waals surface area contributed by atoms with Gasteiger partial charge in [0.05, 0.1) is 0 Å². The fourth-order valence-electron chi connectivity index (χ4n) is 6.96. The van der Waals surface area contributed by atoms with Gasteiger partial charge in [0.15, 0.2) is 0 Å². The van der Waals surface area contributed by atoms with Crippen LogP contribution in [0.25, 0.3) is 87.2 Å². The number of hydrogen-bond acceptors (Lipinski definition) is 0. The maximum absolute atomic E-state index is 2.42. The molecule has 0 amide bonds. The van der Waals surface area contributed by atoms with Crippen molar-refractivity contribution in [3.63, 3.8) is 0 Å². The molecule has 0 radical (unpaired) electrons. The van der Waals surface area contributed by atoms with Crippen molar-refractivity contribution in [3.05, 3.63) is 170 Å². The van der Waals surface area contributed by atoms with E-state index in [-0.39, 0.29) is 0 Å². The van der Waals surface area contributed by atoms with Gasteiger partial charge < -0.3 is 0 Å². The number of benzene rings is 9. The fourth-order valence-corrected chi connectivity index (χ4v) is 6.96. The highest BCUT2D eigenvalue weighted by Gasteiger charge is 2.20. The van der Waals surface area contributed by atoms with E-state index in [2.05, 4.69) is 170 Å². The van der Waals surface area contributed by atoms with Crippen LogP contribution in [0.2, 0.25) is 0 Å². The Hall–Kier alpha value is -5.72. The summed E-state index contributed by atoms with van der Waals surface area (Å²) in [6, 6.07) is 62.7. The van der Waals surface area contributed by atoms with E-state index >= 15 is 0 Å². The summed E-state index contributed by atoms with van der Waals surface area (Å²) in [5.74, 6) is 0. The van der Waals surface area contributed by atoms with Crippen molar-refractivity contribution in [2.45, 2.75) is 0 Å². The average molecular weight is 557 g/mol. The minimum atomic E-state index is 1.23. The second-order valence-corrected chi connectivity index (χ2v) is 11.8. The number of hydrogen-bond donors (Lipinski definition) is 0. The van der Waals surface area contributed by atoms with Crippen LogP contribution in [0.15, 0.2) is 170 Å². The van der Waals surface area contributed by atoms with Gasteiger partial charge in [-0.25, -0.2) is 0 Å². The van der Waals surface area contributed by atoms with Crippen molar-refractivity contribution in [1.82, 2.24) is 0 Å². The van der Waals surface area contributed by atoms with Gasteiger partial charge in [-0.15, -0.1) is 0 Å². The van der Waals surface area contributed by atoms with Gasteiger partial charge in [0.1, 0.15) is 0 Å². The fraction of sp³-hybridized carbons (Fsp3) is 0. The summed E-state index contributed by atoms with van der Waals surface area (Å²) in [5.41, 5.74) is 7.47. The van der Waals surface area contributed by atoms with E-state index in [9.17, 15) is 0 Å². The molecule has 0 bridgehead atoms. The monoisotopic (exact) mass is 556 g/mol. The van der Waals surface area contributed by atoms with Gasteiger partial charge in [-0.2, -0.15) is 0 Å². The molecule has 0 heterocycles. The molecule has 0 unspecified atom stereocenters. The Morgan fingerprint density at radius 2 is 0.614 bits per heavy atom. The molecule has 9 aromatic carbocycles. The van der Waals surface area contributed by atoms with Crippen molar-refractivity contribution >= 4 is 53.9 Å². The number of rotatable bonds is 3. The first-order chi connectivity index (χ1) is 21.8. The van der Waals surface area contributed by atoms with Gasteiger partial charge >= 0.3 is 0 Å². The Morgan fingerprint density at radius 3 is 1.14 bits per heavy atom. The average Bonchev–Trinajstić information content (AvgIpc) is 3.09. The van der Waals surface area contributed by atoms with Crippen LogP contribution in [0, 0.1) is 0 Å². The van der Waals surface area contributed by atoms with Crippen LogP contribution in [0.1, 0.15) is 0 Å². The lowest BCUT2D eigenvalue weighted by atomic mass is 9.82. The predicted molar refractivity (Wildman–Crippen MR) is 190 cm³/mol. The third-order valence-electron chi connectivity index (χ3n) is 9.14. The third kappa shape index (κ3) is 4.07. The van der Waals surface area contributed by atoms with Crippen LogP contribution in [-0.2, 0) is 0 Å². The molecule has 0 aliphatic carbocycles. The van der Waals surface area contributed by atoms with Crippen LogP contribution in [0.4, 0.5) is 0 Å². The van der Waals surface area contributed by atoms with E-state index in [4.69, 9.17) is 0 Å². The normalized spacial score (nSPS) is 11.6. The van der Waals surface area contributed by atoms with Crippen molar-refractivity contribution in [3.8, 4) is 33.4 Å². The summed E-state index contributed by atoms with van der Waals surface area (Å²) in [4.78, 5) is 0. The van der Waals surface area contributed by atoms with Gasteiger partial charge in [0, 0.05) is 0 Å². The molecule has 0 aromatic heterocycles. The summed E-state index contributed by atoms with van der Waals surface area (Å²) in [5, 5.41) is 12.5. The molecule has 0 nitrogen and oxygen atoms in total. The molecule has 9 aromatic rings. The van der Waals surface area contributed by atoms with Crippen molar-refractivity contribution in [2.75, 3.05) is 0 Å². The van der Waals surface area contributed by atoms with E-state index in [0.717, 1.165) is 0 Å². The first kappa shape index (κ1) is 24.8. The highest BCUT2D eigenvalue weighted by Crippen LogP contribution is 2.47. The molecular weight excluding hydrogens is 528 g/mol. The standard InChI is InChI=1S/C44H28/c1-4-12-32-23-37(20-17-29(32)9-1)41-28-40-26-35-15-7-8-16-36(35)27-42(40)44(39-22-19-31-11-3-6-14-34(31)25-39)43(41)38-21-18-30-10-2-5-13-33(30)24-38/h1-28H. The zero-order valence-corrected chi connectivity index (χ0v) is 24.2. The van der Waals surface area contributed by atoms with Gasteiger partial charge in [-0.3, -0.25) is 0 Å². The molecule has 0 heteroatoms. The first-order valence-electron chi connectivity index (χ1n) is 15.3. The largest absolute Gasteiger partial charge is 0.0616 e. The van der Waals surface area contributed by atoms with E-state index < -0.39 is 0 Å². The second-order valence-electron chi connectivity index (χ2n) is 11.8. The molecule has 0 aliphatic heterocycles. The Morgan fingerprint density at radius 1 is 0.227 bits per heavy atom. The van der Waals surface area contributed by atoms with Gasteiger partial charge in [-0.05, 0) is 124 Å². The molecule has 204 valence electrons. The van der Waals surface area contributed by atoms with Gasteiger partial charge in [0.2, 0.25) is 0 Å². The van der Waals surface area contributed by atoms with E-state index in [1.807, 2.05) is 0 Å². The topological polar surface area (TPSA) is 0 Å². The third-order valence-corrected chi connectivity index (χ3v) is 9.14. The van der Waals surface area contributed by atoms with E-state index in [0.29, 0.717) is 0 Å². The van der Waals surface area contributed by atoms with E-state index in [1.54, 1.807) is 0 Å². The van der Waals surface area contributed by atoms with Crippen LogP contribution in [-0.4, -0.2) is 0 Å². The Bertz CT molecular complexity index is 2550. The summed E-state index contributed by atoms with van der Waals surface area (Å²) in [6.07, 6.45) is 0. The van der Waals surface area contributed by atoms with Crippen LogP contribution < -0.4 is 0 Å². The zero-order valence-electron chi connectivity index (χ0n) is 24.2. The lowest BCUT2D eigenvalue weighted by Crippen LogP contribution is -1.94. The van der Waals surface area contributed by atoms with Crippen LogP contribution >= 0.6 is 0 Å². The molecule has 0 fully saturated rings. The van der Waals surface area contributed by atoms with Crippen molar-refractivity contribution in [1.29, 1.82) is 0 Å². The molecule has 44 heavy (non-hydrogen) atoms. The molecule has 0 saturated carbocycles. The van der Waals surface area contributed by atoms with Crippen LogP contribution in [0.5, 0.6) is 0 Å². The van der Waals surface area contributed by atoms with Gasteiger partial charge in [0.25, 0.3) is 0 Å². The highest BCUT2D eigenvalue weighted by molar-refractivity contribution is 6.15. The Balaban J connectivity index is 1.46. The zero-order chi connectivity index (χ0) is 29.0. The molecule has 0 N–H and O–H groups in total. The highest BCUT2D eigenvalue weighted by atomic mass is 14.2. The Kier molecular flexibility index (Phi) is 5.61. The quantitative estimate of drug-likeness (QED) is 0.190. The second kappa shape index (κ2) is 9.93. The lowest BCUT2D eigenvalue weighted by Gasteiger charge is -2.21.